The van der Waals surface area contributed by atoms with Gasteiger partial charge in [-0.15, -0.1) is 5.10 Å². The van der Waals surface area contributed by atoms with Crippen LogP contribution in [0.1, 0.15) is 21.7 Å². The summed E-state index contributed by atoms with van der Waals surface area (Å²) in [6.07, 6.45) is 4.63. The molecule has 0 spiro atoms. The molecule has 0 fully saturated rings. The van der Waals surface area contributed by atoms with Gasteiger partial charge < -0.3 is 10.5 Å². The minimum absolute atomic E-state index is 0.0320. The fourth-order valence-electron chi connectivity index (χ4n) is 2.47. The molecule has 4 rings (SSSR count). The van der Waals surface area contributed by atoms with E-state index in [0.717, 1.165) is 10.2 Å². The van der Waals surface area contributed by atoms with E-state index in [-0.39, 0.29) is 29.6 Å². The Kier molecular flexibility index (Phi) is 5.55. The SMILES string of the molecule is Nc1nonc1-n1nnc(C(=O)NN=Cc2ccncc2)c1COc1ccc(F)cc1. The average molecular weight is 423 g/mol. The molecule has 0 aliphatic carbocycles. The van der Waals surface area contributed by atoms with E-state index >= 15 is 0 Å². The molecule has 0 unspecified atom stereocenters. The van der Waals surface area contributed by atoms with Crippen molar-refractivity contribution in [2.75, 3.05) is 5.73 Å². The first kappa shape index (κ1) is 19.6. The Morgan fingerprint density at radius 1 is 1.23 bits per heavy atom. The molecule has 0 aliphatic heterocycles. The molecule has 0 bridgehead atoms. The maximum absolute atomic E-state index is 13.1. The summed E-state index contributed by atoms with van der Waals surface area (Å²) in [5.74, 6) is -0.723. The number of nitrogen functional groups attached to an aromatic ring is 1. The number of ether oxygens (including phenoxy) is 1. The molecular weight excluding hydrogens is 409 g/mol. The molecule has 0 saturated heterocycles. The summed E-state index contributed by atoms with van der Waals surface area (Å²) in [5, 5.41) is 18.8. The highest BCUT2D eigenvalue weighted by atomic mass is 19.1. The van der Waals surface area contributed by atoms with E-state index < -0.39 is 11.7 Å². The molecule has 0 radical (unpaired) electrons. The normalized spacial score (nSPS) is 11.0. The van der Waals surface area contributed by atoms with Crippen LogP contribution in [-0.4, -0.2) is 42.4 Å². The monoisotopic (exact) mass is 423 g/mol. The number of nitrogens with zero attached hydrogens (tertiary/aromatic N) is 7. The molecule has 1 aromatic carbocycles. The highest BCUT2D eigenvalue weighted by Crippen LogP contribution is 2.19. The number of nitrogens with one attached hydrogen (secondary N) is 1. The molecule has 3 N–H and O–H groups in total. The highest BCUT2D eigenvalue weighted by Gasteiger charge is 2.24. The van der Waals surface area contributed by atoms with Gasteiger partial charge in [-0.05, 0) is 52.3 Å². The fourth-order valence-corrected chi connectivity index (χ4v) is 2.47. The number of nitrogens with two attached hydrogens (primary N) is 1. The predicted octanol–water partition coefficient (Wildman–Crippen LogP) is 1.11. The van der Waals surface area contributed by atoms with Crippen molar-refractivity contribution in [2.45, 2.75) is 6.61 Å². The number of rotatable bonds is 7. The summed E-state index contributed by atoms with van der Waals surface area (Å²) < 4.78 is 24.5. The summed E-state index contributed by atoms with van der Waals surface area (Å²) in [4.78, 5) is 16.5. The van der Waals surface area contributed by atoms with Gasteiger partial charge in [-0.25, -0.2) is 14.4 Å². The zero-order valence-corrected chi connectivity index (χ0v) is 15.7. The van der Waals surface area contributed by atoms with Crippen LogP contribution in [0.5, 0.6) is 5.75 Å². The van der Waals surface area contributed by atoms with Crippen LogP contribution in [0.25, 0.3) is 5.82 Å². The number of hydrazone groups is 1. The lowest BCUT2D eigenvalue weighted by molar-refractivity contribution is 0.0947. The Morgan fingerprint density at radius 2 is 2.00 bits per heavy atom. The molecule has 12 nitrogen and oxygen atoms in total. The van der Waals surface area contributed by atoms with E-state index in [1.165, 1.54) is 30.5 Å². The van der Waals surface area contributed by atoms with Crippen molar-refractivity contribution in [1.29, 1.82) is 0 Å². The van der Waals surface area contributed by atoms with Crippen molar-refractivity contribution < 1.29 is 18.6 Å². The maximum atomic E-state index is 13.1. The van der Waals surface area contributed by atoms with Crippen LogP contribution in [-0.2, 0) is 6.61 Å². The van der Waals surface area contributed by atoms with Crippen molar-refractivity contribution in [3.8, 4) is 11.6 Å². The number of aromatic nitrogens is 6. The van der Waals surface area contributed by atoms with Crippen LogP contribution in [0.15, 0.2) is 58.5 Å². The molecule has 0 atom stereocenters. The lowest BCUT2D eigenvalue weighted by Gasteiger charge is -2.08. The Morgan fingerprint density at radius 3 is 2.71 bits per heavy atom. The van der Waals surface area contributed by atoms with Crippen LogP contribution < -0.4 is 15.9 Å². The zero-order chi connectivity index (χ0) is 21.6. The molecule has 156 valence electrons. The van der Waals surface area contributed by atoms with Crippen LogP contribution >= 0.6 is 0 Å². The first-order valence-corrected chi connectivity index (χ1v) is 8.76. The number of hydrogen-bond acceptors (Lipinski definition) is 10. The number of carbonyl (C=O) groups is 1. The number of amides is 1. The summed E-state index contributed by atoms with van der Waals surface area (Å²) in [7, 11) is 0. The predicted molar refractivity (Wildman–Crippen MR) is 104 cm³/mol. The number of pyridine rings is 1. The van der Waals surface area contributed by atoms with Crippen LogP contribution in [0, 0.1) is 5.82 Å². The second-order valence-corrected chi connectivity index (χ2v) is 5.99. The van der Waals surface area contributed by atoms with E-state index in [0.29, 0.717) is 5.75 Å². The second-order valence-electron chi connectivity index (χ2n) is 5.99. The van der Waals surface area contributed by atoms with Gasteiger partial charge >= 0.3 is 0 Å². The van der Waals surface area contributed by atoms with Crippen molar-refractivity contribution in [3.63, 3.8) is 0 Å². The van der Waals surface area contributed by atoms with Crippen molar-refractivity contribution in [2.24, 2.45) is 5.10 Å². The van der Waals surface area contributed by atoms with Crippen molar-refractivity contribution >= 4 is 17.9 Å². The van der Waals surface area contributed by atoms with Gasteiger partial charge in [-0.3, -0.25) is 9.78 Å². The van der Waals surface area contributed by atoms with Gasteiger partial charge in [-0.1, -0.05) is 5.21 Å². The van der Waals surface area contributed by atoms with E-state index in [1.807, 2.05) is 0 Å². The number of anilines is 1. The van der Waals surface area contributed by atoms with E-state index in [2.05, 4.69) is 40.8 Å². The van der Waals surface area contributed by atoms with Gasteiger partial charge in [0.1, 0.15) is 23.9 Å². The lowest BCUT2D eigenvalue weighted by Crippen LogP contribution is -2.21. The first-order valence-electron chi connectivity index (χ1n) is 8.76. The van der Waals surface area contributed by atoms with E-state index in [4.69, 9.17) is 10.5 Å². The Balaban J connectivity index is 1.58. The van der Waals surface area contributed by atoms with E-state index in [1.54, 1.807) is 24.5 Å². The lowest BCUT2D eigenvalue weighted by atomic mass is 10.3. The summed E-state index contributed by atoms with van der Waals surface area (Å²) >= 11 is 0. The molecular formula is C18H14FN9O3. The summed E-state index contributed by atoms with van der Waals surface area (Å²) in [6.45, 7) is -0.165. The zero-order valence-electron chi connectivity index (χ0n) is 15.7. The third kappa shape index (κ3) is 4.50. The van der Waals surface area contributed by atoms with Gasteiger partial charge in [-0.2, -0.15) is 9.78 Å². The number of halogens is 1. The van der Waals surface area contributed by atoms with Crippen LogP contribution in [0.3, 0.4) is 0 Å². The maximum Gasteiger partial charge on any atom is 0.293 e. The van der Waals surface area contributed by atoms with E-state index in [9.17, 15) is 9.18 Å². The molecule has 3 heterocycles. The summed E-state index contributed by atoms with van der Waals surface area (Å²) in [5.41, 5.74) is 8.94. The van der Waals surface area contributed by atoms with Gasteiger partial charge in [0.25, 0.3) is 5.91 Å². The standard InChI is InChI=1S/C18H14FN9O3/c19-12-1-3-13(4-2-12)30-10-14-15(23-27-28(14)17-16(20)25-31-26-17)18(29)24-22-9-11-5-7-21-8-6-11/h1-9H,10H2,(H2,20,25)(H,24,29). The van der Waals surface area contributed by atoms with Crippen LogP contribution in [0.4, 0.5) is 10.2 Å². The summed E-state index contributed by atoms with van der Waals surface area (Å²) in [6, 6.07) is 8.79. The molecule has 13 heteroatoms. The minimum Gasteiger partial charge on any atom is -0.487 e. The van der Waals surface area contributed by atoms with Gasteiger partial charge in [0.05, 0.1) is 6.21 Å². The Bertz CT molecular complexity index is 1210. The second kappa shape index (κ2) is 8.77. The quantitative estimate of drug-likeness (QED) is 0.328. The van der Waals surface area contributed by atoms with Gasteiger partial charge in [0.2, 0.25) is 11.6 Å². The van der Waals surface area contributed by atoms with Crippen molar-refractivity contribution in [3.05, 3.63) is 71.6 Å². The minimum atomic E-state index is -0.649. The third-order valence-corrected chi connectivity index (χ3v) is 3.95. The Hall–Kier alpha value is -4.68. The average Bonchev–Trinajstić information content (AvgIpc) is 3.39. The van der Waals surface area contributed by atoms with Crippen molar-refractivity contribution in [1.82, 2.24) is 35.7 Å². The molecule has 3 aromatic heterocycles. The molecule has 4 aromatic rings. The number of carbonyl (C=O) groups excluding carboxylic acids is 1. The Labute approximate surface area is 173 Å². The molecule has 1 amide bonds. The molecule has 31 heavy (non-hydrogen) atoms. The van der Waals surface area contributed by atoms with Gasteiger partial charge in [0.15, 0.2) is 5.69 Å². The number of hydrogen-bond donors (Lipinski definition) is 2. The molecule has 0 saturated carbocycles. The first-order chi connectivity index (χ1) is 15.1. The largest absolute Gasteiger partial charge is 0.487 e. The molecule has 0 aliphatic rings. The topological polar surface area (TPSA) is 159 Å². The number of benzene rings is 1. The van der Waals surface area contributed by atoms with Gasteiger partial charge in [0, 0.05) is 12.4 Å². The highest BCUT2D eigenvalue weighted by molar-refractivity contribution is 5.94. The smallest absolute Gasteiger partial charge is 0.293 e. The third-order valence-electron chi connectivity index (χ3n) is 3.95. The fraction of sp³-hybridized carbons (Fsp3) is 0.0556. The van der Waals surface area contributed by atoms with Crippen LogP contribution in [0.2, 0.25) is 0 Å².